The summed E-state index contributed by atoms with van der Waals surface area (Å²) in [5.74, 6) is -0.0714. The Labute approximate surface area is 126 Å². The summed E-state index contributed by atoms with van der Waals surface area (Å²) >= 11 is 3.36. The summed E-state index contributed by atoms with van der Waals surface area (Å²) in [4.78, 5) is 24.7. The van der Waals surface area contributed by atoms with Crippen molar-refractivity contribution in [2.24, 2.45) is 0 Å². The molecule has 108 valence electrons. The molecule has 0 aliphatic carbocycles. The molecule has 1 saturated heterocycles. The molecular formula is C14H17BrN2O3. The van der Waals surface area contributed by atoms with E-state index in [1.54, 1.807) is 11.9 Å². The first-order chi connectivity index (χ1) is 9.54. The van der Waals surface area contributed by atoms with Crippen LogP contribution in [0.3, 0.4) is 0 Å². The molecule has 1 fully saturated rings. The maximum Gasteiger partial charge on any atom is 0.248 e. The average Bonchev–Trinajstić information content (AvgIpc) is 2.43. The number of morpholine rings is 1. The Hall–Kier alpha value is -1.40. The second-order valence-corrected chi connectivity index (χ2v) is 5.73. The largest absolute Gasteiger partial charge is 0.365 e. The van der Waals surface area contributed by atoms with Gasteiger partial charge < -0.3 is 15.0 Å². The second kappa shape index (κ2) is 6.85. The minimum atomic E-state index is -0.133. The zero-order chi connectivity index (χ0) is 14.5. The van der Waals surface area contributed by atoms with Gasteiger partial charge in [0, 0.05) is 24.6 Å². The topological polar surface area (TPSA) is 58.6 Å². The summed E-state index contributed by atoms with van der Waals surface area (Å²) in [5.41, 5.74) is 0.961. The van der Waals surface area contributed by atoms with Crippen molar-refractivity contribution in [3.63, 3.8) is 0 Å². The number of carbonyl (C=O) groups excluding carboxylic acids is 2. The number of likely N-dealkylation sites (N-methyl/N-ethyl adjacent to an activating group) is 1. The molecule has 0 bridgehead atoms. The van der Waals surface area contributed by atoms with E-state index in [-0.39, 0.29) is 24.5 Å². The summed E-state index contributed by atoms with van der Waals surface area (Å²) in [6.07, 6.45) is 0.209. The zero-order valence-corrected chi connectivity index (χ0v) is 12.9. The highest BCUT2D eigenvalue weighted by molar-refractivity contribution is 9.10. The molecule has 0 spiro atoms. The summed E-state index contributed by atoms with van der Waals surface area (Å²) in [5, 5.41) is 2.84. The molecule has 0 saturated carbocycles. The van der Waals surface area contributed by atoms with E-state index in [4.69, 9.17) is 4.74 Å². The Morgan fingerprint density at radius 2 is 2.15 bits per heavy atom. The van der Waals surface area contributed by atoms with Crippen molar-refractivity contribution in [3.8, 4) is 0 Å². The highest BCUT2D eigenvalue weighted by Gasteiger charge is 2.23. The van der Waals surface area contributed by atoms with Crippen LogP contribution < -0.4 is 5.32 Å². The van der Waals surface area contributed by atoms with Crippen LogP contribution in [-0.4, -0.2) is 49.6 Å². The van der Waals surface area contributed by atoms with Crippen LogP contribution >= 0.6 is 15.9 Å². The lowest BCUT2D eigenvalue weighted by Crippen LogP contribution is -2.48. The molecule has 6 heteroatoms. The summed E-state index contributed by atoms with van der Waals surface area (Å²) < 4.78 is 6.36. The van der Waals surface area contributed by atoms with Crippen molar-refractivity contribution in [2.75, 3.05) is 26.7 Å². The van der Waals surface area contributed by atoms with Gasteiger partial charge in [0.15, 0.2) is 0 Å². The van der Waals surface area contributed by atoms with Crippen molar-refractivity contribution in [1.29, 1.82) is 0 Å². The monoisotopic (exact) mass is 340 g/mol. The fourth-order valence-corrected chi connectivity index (χ4v) is 2.22. The molecule has 0 aromatic heterocycles. The van der Waals surface area contributed by atoms with Gasteiger partial charge >= 0.3 is 0 Å². The van der Waals surface area contributed by atoms with Gasteiger partial charge in [-0.15, -0.1) is 0 Å². The second-order valence-electron chi connectivity index (χ2n) is 4.81. The lowest BCUT2D eigenvalue weighted by atomic mass is 10.1. The molecule has 1 atom stereocenters. The van der Waals surface area contributed by atoms with Gasteiger partial charge in [0.25, 0.3) is 0 Å². The molecule has 1 N–H and O–H groups in total. The summed E-state index contributed by atoms with van der Waals surface area (Å²) in [7, 11) is 1.74. The predicted molar refractivity (Wildman–Crippen MR) is 78.2 cm³/mol. The third-order valence-electron chi connectivity index (χ3n) is 3.15. The minimum Gasteiger partial charge on any atom is -0.365 e. The van der Waals surface area contributed by atoms with Crippen molar-refractivity contribution in [1.82, 2.24) is 10.2 Å². The SMILES string of the molecule is CN1CC(CNC(=O)Cc2ccc(Br)cc2)OCC1=O. The van der Waals surface area contributed by atoms with Gasteiger partial charge in [-0.3, -0.25) is 9.59 Å². The number of hydrogen-bond donors (Lipinski definition) is 1. The van der Waals surface area contributed by atoms with Gasteiger partial charge in [0.05, 0.1) is 12.5 Å². The fourth-order valence-electron chi connectivity index (χ4n) is 1.96. The van der Waals surface area contributed by atoms with Crippen molar-refractivity contribution in [3.05, 3.63) is 34.3 Å². The van der Waals surface area contributed by atoms with Crippen LogP contribution in [0.5, 0.6) is 0 Å². The van der Waals surface area contributed by atoms with E-state index in [1.165, 1.54) is 0 Å². The Balaban J connectivity index is 1.75. The molecule has 1 aliphatic rings. The molecular weight excluding hydrogens is 324 g/mol. The van der Waals surface area contributed by atoms with Crippen LogP contribution in [-0.2, 0) is 20.7 Å². The van der Waals surface area contributed by atoms with Gasteiger partial charge in [-0.1, -0.05) is 28.1 Å². The summed E-state index contributed by atoms with van der Waals surface area (Å²) in [6, 6.07) is 7.64. The lowest BCUT2D eigenvalue weighted by Gasteiger charge is -2.29. The first kappa shape index (κ1) is 15.0. The van der Waals surface area contributed by atoms with E-state index in [0.29, 0.717) is 19.5 Å². The smallest absolute Gasteiger partial charge is 0.248 e. The van der Waals surface area contributed by atoms with Gasteiger partial charge in [-0.05, 0) is 17.7 Å². The van der Waals surface area contributed by atoms with Gasteiger partial charge in [-0.2, -0.15) is 0 Å². The Morgan fingerprint density at radius 1 is 1.45 bits per heavy atom. The molecule has 1 aromatic rings. The molecule has 1 heterocycles. The van der Waals surface area contributed by atoms with Crippen molar-refractivity contribution in [2.45, 2.75) is 12.5 Å². The number of hydrogen-bond acceptors (Lipinski definition) is 3. The quantitative estimate of drug-likeness (QED) is 0.888. The Bertz CT molecular complexity index is 490. The highest BCUT2D eigenvalue weighted by Crippen LogP contribution is 2.11. The molecule has 5 nitrogen and oxygen atoms in total. The maximum atomic E-state index is 11.8. The van der Waals surface area contributed by atoms with Crippen LogP contribution in [0.2, 0.25) is 0 Å². The molecule has 0 radical (unpaired) electrons. The number of ether oxygens (including phenoxy) is 1. The van der Waals surface area contributed by atoms with Gasteiger partial charge in [0.2, 0.25) is 11.8 Å². The van der Waals surface area contributed by atoms with E-state index >= 15 is 0 Å². The van der Waals surface area contributed by atoms with E-state index in [1.807, 2.05) is 24.3 Å². The molecule has 2 amide bonds. The fraction of sp³-hybridized carbons (Fsp3) is 0.429. The van der Waals surface area contributed by atoms with Crippen molar-refractivity contribution < 1.29 is 14.3 Å². The molecule has 1 aromatic carbocycles. The Kier molecular flexibility index (Phi) is 5.14. The first-order valence-electron chi connectivity index (χ1n) is 6.41. The number of nitrogens with one attached hydrogen (secondary N) is 1. The summed E-state index contributed by atoms with van der Waals surface area (Å²) in [6.45, 7) is 1.02. The normalized spacial score (nSPS) is 19.0. The number of halogens is 1. The molecule has 1 aliphatic heterocycles. The van der Waals surface area contributed by atoms with E-state index in [2.05, 4.69) is 21.2 Å². The number of carbonyl (C=O) groups is 2. The van der Waals surface area contributed by atoms with Gasteiger partial charge in [-0.25, -0.2) is 0 Å². The minimum absolute atomic E-state index is 0.0255. The third-order valence-corrected chi connectivity index (χ3v) is 3.68. The van der Waals surface area contributed by atoms with Crippen molar-refractivity contribution >= 4 is 27.7 Å². The molecule has 20 heavy (non-hydrogen) atoms. The maximum absolute atomic E-state index is 11.8. The number of rotatable bonds is 4. The third kappa shape index (κ3) is 4.31. The highest BCUT2D eigenvalue weighted by atomic mass is 79.9. The number of nitrogens with zero attached hydrogens (tertiary/aromatic N) is 1. The molecule has 1 unspecified atom stereocenters. The van der Waals surface area contributed by atoms with Gasteiger partial charge in [0.1, 0.15) is 6.61 Å². The van der Waals surface area contributed by atoms with Crippen LogP contribution in [0, 0.1) is 0 Å². The number of benzene rings is 1. The van der Waals surface area contributed by atoms with E-state index in [0.717, 1.165) is 10.0 Å². The van der Waals surface area contributed by atoms with E-state index < -0.39 is 0 Å². The van der Waals surface area contributed by atoms with Crippen LogP contribution in [0.15, 0.2) is 28.7 Å². The van der Waals surface area contributed by atoms with E-state index in [9.17, 15) is 9.59 Å². The van der Waals surface area contributed by atoms with Crippen LogP contribution in [0.4, 0.5) is 0 Å². The standard InChI is InChI=1S/C14H17BrN2O3/c1-17-8-12(20-9-14(17)19)7-16-13(18)6-10-2-4-11(15)5-3-10/h2-5,12H,6-9H2,1H3,(H,16,18). The number of amides is 2. The molecule has 2 rings (SSSR count). The predicted octanol–water partition coefficient (Wildman–Crippen LogP) is 0.965. The average molecular weight is 341 g/mol. The first-order valence-corrected chi connectivity index (χ1v) is 7.20. The van der Waals surface area contributed by atoms with Crippen LogP contribution in [0.1, 0.15) is 5.56 Å². The Morgan fingerprint density at radius 3 is 2.80 bits per heavy atom. The zero-order valence-electron chi connectivity index (χ0n) is 11.3. The lowest BCUT2D eigenvalue weighted by molar-refractivity contribution is -0.146. The van der Waals surface area contributed by atoms with Crippen LogP contribution in [0.25, 0.3) is 0 Å².